The molecule has 306 valence electrons. The second-order valence-corrected chi connectivity index (χ2v) is 18.7. The Morgan fingerprint density at radius 3 is 2.48 bits per heavy atom. The number of aliphatic hydroxyl groups is 1. The molecule has 6 heterocycles. The number of ether oxygens (including phenoxy) is 2. The zero-order valence-corrected chi connectivity index (χ0v) is 34.3. The Balaban J connectivity index is 0.937. The average molecular weight is 796 g/mol. The van der Waals surface area contributed by atoms with Crippen LogP contribution in [0.25, 0.3) is 10.4 Å². The van der Waals surface area contributed by atoms with Crippen LogP contribution < -0.4 is 16.0 Å². The fourth-order valence-electron chi connectivity index (χ4n) is 9.64. The summed E-state index contributed by atoms with van der Waals surface area (Å²) < 4.78 is 13.0. The molecule has 4 amide bonds. The highest BCUT2D eigenvalue weighted by atomic mass is 32.1. The summed E-state index contributed by atoms with van der Waals surface area (Å²) in [6.45, 7) is 13.5. The fraction of sp³-hybridized carbons (Fsp3) is 0.683. The molecule has 1 aliphatic carbocycles. The molecule has 8 rings (SSSR count). The van der Waals surface area contributed by atoms with Crippen LogP contribution in [0.4, 0.5) is 0 Å². The van der Waals surface area contributed by atoms with E-state index in [0.29, 0.717) is 12.3 Å². The number of aromatic nitrogens is 1. The van der Waals surface area contributed by atoms with E-state index in [2.05, 4.69) is 34.8 Å². The van der Waals surface area contributed by atoms with E-state index in [1.165, 1.54) is 4.90 Å². The Morgan fingerprint density at radius 1 is 1.04 bits per heavy atom. The van der Waals surface area contributed by atoms with Crippen molar-refractivity contribution in [3.8, 4) is 10.4 Å². The monoisotopic (exact) mass is 795 g/mol. The highest BCUT2D eigenvalue weighted by Crippen LogP contribution is 2.60. The molecule has 2 bridgehead atoms. The molecule has 0 radical (unpaired) electrons. The molecular formula is C41H57N5O9S. The minimum atomic E-state index is -1.03. The van der Waals surface area contributed by atoms with Crippen LogP contribution in [0.3, 0.4) is 0 Å². The first-order valence-electron chi connectivity index (χ1n) is 20.0. The molecule has 14 nitrogen and oxygen atoms in total. The van der Waals surface area contributed by atoms with Crippen LogP contribution in [0.5, 0.6) is 0 Å². The van der Waals surface area contributed by atoms with Crippen molar-refractivity contribution in [2.24, 2.45) is 29.1 Å². The van der Waals surface area contributed by atoms with E-state index >= 15 is 0 Å². The van der Waals surface area contributed by atoms with Gasteiger partial charge >= 0.3 is 0 Å². The van der Waals surface area contributed by atoms with Crippen molar-refractivity contribution in [1.29, 1.82) is 0 Å². The van der Waals surface area contributed by atoms with E-state index in [0.717, 1.165) is 41.0 Å². The predicted octanol–water partition coefficient (Wildman–Crippen LogP) is 3.98. The van der Waals surface area contributed by atoms with Crippen LogP contribution in [-0.2, 0) is 45.0 Å². The third kappa shape index (κ3) is 7.87. The molecule has 11 unspecified atom stereocenters. The number of likely N-dealkylation sites (tertiary alicyclic amines) is 1. The minimum Gasteiger partial charge on any atom is -0.391 e. The van der Waals surface area contributed by atoms with Gasteiger partial charge in [-0.15, -0.1) is 11.3 Å². The maximum absolute atomic E-state index is 14.1. The number of nitrogens with one attached hydrogen (secondary N) is 3. The van der Waals surface area contributed by atoms with Gasteiger partial charge in [0.2, 0.25) is 29.4 Å². The van der Waals surface area contributed by atoms with Crippen molar-refractivity contribution in [1.82, 2.24) is 25.8 Å². The number of amides is 4. The number of rotatable bonds is 10. The summed E-state index contributed by atoms with van der Waals surface area (Å²) >= 11 is 1.57. The molecule has 5 saturated heterocycles. The lowest BCUT2D eigenvalue weighted by Crippen LogP contribution is -2.70. The van der Waals surface area contributed by atoms with Crippen molar-refractivity contribution in [2.75, 3.05) is 13.1 Å². The number of thiazole rings is 1. The SMILES string of the molecule is Cc1ncsc1-c1ccc(CNC(=O)C2CC(O)CN2C(=O)C(NC(=O)CNC(=O)CC2OC3OC4(C)CCC5C(C)CCC(C2C)C35OO4)C(C)(C)C)cc1. The first kappa shape index (κ1) is 40.7. The maximum Gasteiger partial charge on any atom is 0.246 e. The lowest BCUT2D eigenvalue weighted by molar-refractivity contribution is -0.570. The Labute approximate surface area is 332 Å². The van der Waals surface area contributed by atoms with Gasteiger partial charge in [0.25, 0.3) is 0 Å². The normalized spacial score (nSPS) is 34.2. The molecule has 6 fully saturated rings. The molecule has 2 aromatic rings. The van der Waals surface area contributed by atoms with Gasteiger partial charge in [0.15, 0.2) is 11.9 Å². The number of aryl methyl sites for hydroxylation is 1. The number of hydrogen-bond donors (Lipinski definition) is 4. The Bertz CT molecular complexity index is 1800. The molecule has 15 heteroatoms. The Hall–Kier alpha value is -3.47. The molecule has 1 spiro atoms. The standard InChI is InChI=1S/C41H57N5O9S/c1-22-8-13-29-23(2)31(52-38-41(29)28(22)14-15-40(7,53-38)54-55-41)17-32(48)42-19-33(49)45-35(39(4,5)6)37(51)46-20-27(47)16-30(46)36(50)43-18-25-9-11-26(12-10-25)34-24(3)44-21-56-34/h9-12,21-23,27-31,35,38,47H,8,13-20H2,1-7H3,(H,42,48)(H,43,50)(H,45,49). The van der Waals surface area contributed by atoms with Crippen LogP contribution in [0, 0.1) is 36.0 Å². The van der Waals surface area contributed by atoms with E-state index in [-0.39, 0.29) is 62.0 Å². The smallest absolute Gasteiger partial charge is 0.246 e. The second-order valence-electron chi connectivity index (χ2n) is 17.9. The summed E-state index contributed by atoms with van der Waals surface area (Å²) in [5.74, 6) is -2.01. The number of fused-ring (bicyclic) bond motifs is 2. The van der Waals surface area contributed by atoms with Crippen LogP contribution in [0.15, 0.2) is 29.8 Å². The minimum absolute atomic E-state index is 0.0265. The topological polar surface area (TPSA) is 178 Å². The first-order valence-corrected chi connectivity index (χ1v) is 20.9. The molecule has 1 saturated carbocycles. The maximum atomic E-state index is 14.1. The number of carbonyl (C=O) groups is 4. The third-order valence-electron chi connectivity index (χ3n) is 12.8. The van der Waals surface area contributed by atoms with Crippen molar-refractivity contribution in [2.45, 2.75) is 136 Å². The molecule has 1 aromatic heterocycles. The summed E-state index contributed by atoms with van der Waals surface area (Å²) in [6, 6.07) is 5.91. The second kappa shape index (κ2) is 15.7. The Kier molecular flexibility index (Phi) is 11.4. The van der Waals surface area contributed by atoms with E-state index in [4.69, 9.17) is 19.2 Å². The molecule has 1 aromatic carbocycles. The predicted molar refractivity (Wildman–Crippen MR) is 206 cm³/mol. The van der Waals surface area contributed by atoms with Crippen LogP contribution >= 0.6 is 11.3 Å². The number of hydrogen-bond acceptors (Lipinski definition) is 11. The van der Waals surface area contributed by atoms with Gasteiger partial charge in [0.1, 0.15) is 12.1 Å². The van der Waals surface area contributed by atoms with E-state index in [9.17, 15) is 24.3 Å². The molecule has 6 aliphatic rings. The molecule has 56 heavy (non-hydrogen) atoms. The van der Waals surface area contributed by atoms with Gasteiger partial charge in [-0.2, -0.15) is 0 Å². The fourth-order valence-corrected chi connectivity index (χ4v) is 10.4. The quantitative estimate of drug-likeness (QED) is 0.257. The lowest BCUT2D eigenvalue weighted by atomic mass is 9.57. The van der Waals surface area contributed by atoms with Crippen LogP contribution in [0.2, 0.25) is 0 Å². The first-order chi connectivity index (χ1) is 26.5. The number of β-amino-alcohol motifs (C(OH)–C–C–N with tert-alkyl or cyclic N) is 1. The van der Waals surface area contributed by atoms with Gasteiger partial charge in [-0.3, -0.25) is 19.2 Å². The number of carbonyl (C=O) groups excluding carboxylic acids is 4. The van der Waals surface area contributed by atoms with E-state index < -0.39 is 59.2 Å². The summed E-state index contributed by atoms with van der Waals surface area (Å²) in [5, 5.41) is 19.1. The van der Waals surface area contributed by atoms with Crippen LogP contribution in [-0.4, -0.2) is 93.7 Å². The number of aliphatic hydroxyl groups excluding tert-OH is 1. The molecule has 11 atom stereocenters. The molecule has 4 N–H and O–H groups in total. The summed E-state index contributed by atoms with van der Waals surface area (Å²) in [7, 11) is 0. The van der Waals surface area contributed by atoms with Gasteiger partial charge in [-0.1, -0.05) is 58.9 Å². The van der Waals surface area contributed by atoms with Crippen molar-refractivity contribution in [3.05, 3.63) is 41.0 Å². The van der Waals surface area contributed by atoms with Gasteiger partial charge in [0, 0.05) is 31.8 Å². The van der Waals surface area contributed by atoms with E-state index in [1.807, 2.05) is 64.4 Å². The van der Waals surface area contributed by atoms with Gasteiger partial charge in [-0.05, 0) is 67.4 Å². The highest BCUT2D eigenvalue weighted by Gasteiger charge is 2.69. The lowest BCUT2D eigenvalue weighted by Gasteiger charge is -2.60. The summed E-state index contributed by atoms with van der Waals surface area (Å²) in [5.41, 5.74) is 3.22. The largest absolute Gasteiger partial charge is 0.391 e. The highest BCUT2D eigenvalue weighted by molar-refractivity contribution is 7.13. The van der Waals surface area contributed by atoms with Crippen molar-refractivity contribution >= 4 is 35.0 Å². The zero-order chi connectivity index (χ0) is 40.2. The van der Waals surface area contributed by atoms with E-state index in [1.54, 1.807) is 11.3 Å². The number of benzene rings is 1. The third-order valence-corrected chi connectivity index (χ3v) is 13.8. The average Bonchev–Trinajstić information content (AvgIpc) is 3.69. The molecular weight excluding hydrogens is 739 g/mol. The van der Waals surface area contributed by atoms with Crippen molar-refractivity contribution in [3.63, 3.8) is 0 Å². The zero-order valence-electron chi connectivity index (χ0n) is 33.5. The summed E-state index contributed by atoms with van der Waals surface area (Å²) in [4.78, 5) is 73.1. The van der Waals surface area contributed by atoms with Gasteiger partial charge in [-0.25, -0.2) is 14.8 Å². The number of nitrogens with zero attached hydrogens (tertiary/aromatic N) is 2. The van der Waals surface area contributed by atoms with Crippen LogP contribution in [0.1, 0.15) is 91.3 Å². The van der Waals surface area contributed by atoms with Gasteiger partial charge in [0.05, 0.1) is 41.3 Å². The van der Waals surface area contributed by atoms with Gasteiger partial charge < -0.3 is 35.4 Å². The summed E-state index contributed by atoms with van der Waals surface area (Å²) in [6.07, 6.45) is 1.64. The van der Waals surface area contributed by atoms with Crippen molar-refractivity contribution < 1.29 is 43.5 Å². The Morgan fingerprint density at radius 2 is 1.79 bits per heavy atom. The molecule has 5 aliphatic heterocycles.